The number of aromatic nitrogens is 2. The van der Waals surface area contributed by atoms with Crippen LogP contribution in [0.5, 0.6) is 11.5 Å². The van der Waals surface area contributed by atoms with Crippen LogP contribution < -0.4 is 19.6 Å². The zero-order valence-corrected chi connectivity index (χ0v) is 20.6. The molecule has 0 bridgehead atoms. The highest BCUT2D eigenvalue weighted by atomic mass is 32.2. The van der Waals surface area contributed by atoms with Gasteiger partial charge in [-0.2, -0.15) is 31.8 Å². The van der Waals surface area contributed by atoms with Crippen LogP contribution in [0.4, 0.5) is 30.6 Å². The molecule has 0 aliphatic carbocycles. The number of nitrogens with zero attached hydrogens (tertiary/aromatic N) is 3. The van der Waals surface area contributed by atoms with Crippen molar-refractivity contribution >= 4 is 33.5 Å². The molecular weight excluding hydrogens is 523 g/mol. The lowest BCUT2D eigenvalue weighted by Crippen LogP contribution is -2.38. The number of nitriles is 1. The number of hydrogen-bond donors (Lipinski definition) is 2. The van der Waals surface area contributed by atoms with Crippen molar-refractivity contribution in [2.45, 2.75) is 24.9 Å². The van der Waals surface area contributed by atoms with E-state index in [1.165, 1.54) is 6.20 Å². The Morgan fingerprint density at radius 1 is 1.30 bits per heavy atom. The molecule has 1 aliphatic rings. The second kappa shape index (κ2) is 11.0. The molecule has 3 rings (SSSR count). The Labute approximate surface area is 209 Å². The summed E-state index contributed by atoms with van der Waals surface area (Å²) in [5.74, 6) is -2.62. The SMILES string of the molecule is COC(=O)c1cc(Nc2ncc(C)c(N[C@@H]3COCC[C@H]3C#N)n2)cc(OC)c1OS(=O)(=O)C(F)(F)F. The maximum Gasteiger partial charge on any atom is 0.534 e. The fourth-order valence-electron chi connectivity index (χ4n) is 3.32. The Kier molecular flexibility index (Phi) is 8.28. The lowest BCUT2D eigenvalue weighted by atomic mass is 9.96. The molecule has 200 valence electrons. The predicted molar refractivity (Wildman–Crippen MR) is 122 cm³/mol. The summed E-state index contributed by atoms with van der Waals surface area (Å²) in [5.41, 5.74) is -5.73. The highest BCUT2D eigenvalue weighted by molar-refractivity contribution is 7.88. The van der Waals surface area contributed by atoms with E-state index in [1.54, 1.807) is 6.92 Å². The van der Waals surface area contributed by atoms with Gasteiger partial charge in [-0.05, 0) is 19.4 Å². The summed E-state index contributed by atoms with van der Waals surface area (Å²) in [5, 5.41) is 15.3. The molecule has 1 aliphatic heterocycles. The molecule has 2 N–H and O–H groups in total. The lowest BCUT2D eigenvalue weighted by Gasteiger charge is -2.28. The molecule has 1 aromatic carbocycles. The molecule has 1 saturated heterocycles. The Morgan fingerprint density at radius 2 is 2.03 bits per heavy atom. The van der Waals surface area contributed by atoms with Crippen molar-refractivity contribution in [3.63, 3.8) is 0 Å². The molecule has 16 heteroatoms. The molecule has 2 atom stereocenters. The van der Waals surface area contributed by atoms with Gasteiger partial charge >= 0.3 is 21.6 Å². The number of esters is 1. The maximum atomic E-state index is 12.9. The molecule has 1 fully saturated rings. The van der Waals surface area contributed by atoms with Crippen molar-refractivity contribution in [2.75, 3.05) is 38.1 Å². The molecule has 0 radical (unpaired) electrons. The number of carbonyl (C=O) groups excluding carboxylic acids is 1. The molecule has 0 amide bonds. The van der Waals surface area contributed by atoms with E-state index in [4.69, 9.17) is 9.47 Å². The smallest absolute Gasteiger partial charge is 0.493 e. The standard InChI is InChI=1S/C21H22F3N5O7S/c1-11-9-26-20(29-18(11)28-15-10-35-5-4-12(15)8-25)27-13-6-14(19(30)34-3)17(16(7-13)33-2)36-37(31,32)21(22,23)24/h6-7,9,12,15H,4-5,10H2,1-3H3,(H2,26,27,28,29)/t12-,15+/m0/s1. The number of rotatable bonds is 8. The van der Waals surface area contributed by atoms with Crippen molar-refractivity contribution in [3.8, 4) is 17.6 Å². The van der Waals surface area contributed by atoms with Crippen LogP contribution in [-0.4, -0.2) is 63.3 Å². The molecule has 37 heavy (non-hydrogen) atoms. The van der Waals surface area contributed by atoms with E-state index >= 15 is 0 Å². The number of aryl methyl sites for hydroxylation is 1. The molecule has 0 spiro atoms. The van der Waals surface area contributed by atoms with Gasteiger partial charge in [-0.1, -0.05) is 0 Å². The number of alkyl halides is 3. The van der Waals surface area contributed by atoms with Crippen molar-refractivity contribution in [1.82, 2.24) is 9.97 Å². The second-order valence-electron chi connectivity index (χ2n) is 7.73. The van der Waals surface area contributed by atoms with Crippen LogP contribution in [0.25, 0.3) is 0 Å². The molecule has 12 nitrogen and oxygen atoms in total. The zero-order valence-electron chi connectivity index (χ0n) is 19.7. The first kappa shape index (κ1) is 27.7. The van der Waals surface area contributed by atoms with Crippen molar-refractivity contribution in [2.24, 2.45) is 5.92 Å². The summed E-state index contributed by atoms with van der Waals surface area (Å²) in [4.78, 5) is 20.8. The predicted octanol–water partition coefficient (Wildman–Crippen LogP) is 2.89. The highest BCUT2D eigenvalue weighted by Gasteiger charge is 2.49. The first-order valence-corrected chi connectivity index (χ1v) is 12.0. The average molecular weight is 545 g/mol. The topological polar surface area (TPSA) is 162 Å². The third-order valence-electron chi connectivity index (χ3n) is 5.23. The largest absolute Gasteiger partial charge is 0.534 e. The van der Waals surface area contributed by atoms with Gasteiger partial charge in [0.05, 0.1) is 38.9 Å². The molecule has 2 aromatic rings. The van der Waals surface area contributed by atoms with Gasteiger partial charge in [-0.3, -0.25) is 0 Å². The number of carbonyl (C=O) groups is 1. The van der Waals surface area contributed by atoms with Crippen molar-refractivity contribution in [1.29, 1.82) is 5.26 Å². The van der Waals surface area contributed by atoms with Crippen LogP contribution in [-0.2, 0) is 19.6 Å². The first-order chi connectivity index (χ1) is 17.4. The summed E-state index contributed by atoms with van der Waals surface area (Å²) in [6.07, 6.45) is 2.03. The van der Waals surface area contributed by atoms with E-state index in [-0.39, 0.29) is 23.6 Å². The van der Waals surface area contributed by atoms with E-state index in [2.05, 4.69) is 35.6 Å². The molecule has 0 saturated carbocycles. The summed E-state index contributed by atoms with van der Waals surface area (Å²) in [7, 11) is -4.14. The number of ether oxygens (including phenoxy) is 3. The van der Waals surface area contributed by atoms with E-state index in [0.29, 0.717) is 31.0 Å². The number of nitrogens with one attached hydrogen (secondary N) is 2. The van der Waals surface area contributed by atoms with E-state index in [0.717, 1.165) is 26.4 Å². The molecule has 0 unspecified atom stereocenters. The van der Waals surface area contributed by atoms with Crippen LogP contribution >= 0.6 is 0 Å². The van der Waals surface area contributed by atoms with Gasteiger partial charge in [-0.25, -0.2) is 9.78 Å². The van der Waals surface area contributed by atoms with Gasteiger partial charge in [0, 0.05) is 30.1 Å². The monoisotopic (exact) mass is 545 g/mol. The lowest BCUT2D eigenvalue weighted by molar-refractivity contribution is -0.0501. The quantitative estimate of drug-likeness (QED) is 0.284. The third kappa shape index (κ3) is 6.30. The zero-order chi connectivity index (χ0) is 27.4. The number of hydrogen-bond acceptors (Lipinski definition) is 12. The van der Waals surface area contributed by atoms with E-state index in [1.807, 2.05) is 0 Å². The molecule has 2 heterocycles. The van der Waals surface area contributed by atoms with Crippen LogP contribution in [0.1, 0.15) is 22.3 Å². The Bertz CT molecular complexity index is 1310. The third-order valence-corrected chi connectivity index (χ3v) is 6.18. The van der Waals surface area contributed by atoms with Gasteiger partial charge in [0.25, 0.3) is 0 Å². The van der Waals surface area contributed by atoms with Gasteiger partial charge < -0.3 is 29.0 Å². The average Bonchev–Trinajstić information content (AvgIpc) is 2.85. The number of halogens is 3. The van der Waals surface area contributed by atoms with Crippen molar-refractivity contribution < 1.29 is 44.8 Å². The van der Waals surface area contributed by atoms with Crippen molar-refractivity contribution in [3.05, 3.63) is 29.5 Å². The van der Waals surface area contributed by atoms with Crippen LogP contribution in [0.3, 0.4) is 0 Å². The highest BCUT2D eigenvalue weighted by Crippen LogP contribution is 2.39. The van der Waals surface area contributed by atoms with Gasteiger partial charge in [0.15, 0.2) is 11.5 Å². The maximum absolute atomic E-state index is 12.9. The minimum absolute atomic E-state index is 0.00721. The fraction of sp³-hybridized carbons (Fsp3) is 0.429. The van der Waals surface area contributed by atoms with E-state index < -0.39 is 38.7 Å². The minimum atomic E-state index is -6.12. The van der Waals surface area contributed by atoms with Crippen LogP contribution in [0, 0.1) is 24.2 Å². The fourth-order valence-corrected chi connectivity index (χ4v) is 3.80. The second-order valence-corrected chi connectivity index (χ2v) is 9.27. The number of anilines is 3. The van der Waals surface area contributed by atoms with Gasteiger partial charge in [0.1, 0.15) is 11.4 Å². The molecule has 1 aromatic heterocycles. The van der Waals surface area contributed by atoms with Gasteiger partial charge in [-0.15, -0.1) is 0 Å². The number of benzene rings is 1. The summed E-state index contributed by atoms with van der Waals surface area (Å²) in [6.45, 7) is 2.51. The summed E-state index contributed by atoms with van der Waals surface area (Å²) >= 11 is 0. The summed E-state index contributed by atoms with van der Waals surface area (Å²) in [6, 6.07) is 3.99. The van der Waals surface area contributed by atoms with Crippen LogP contribution in [0.15, 0.2) is 18.3 Å². The first-order valence-electron chi connectivity index (χ1n) is 10.6. The van der Waals surface area contributed by atoms with E-state index in [9.17, 15) is 31.6 Å². The Balaban J connectivity index is 1.96. The molecular formula is C21H22F3N5O7S. The minimum Gasteiger partial charge on any atom is -0.493 e. The van der Waals surface area contributed by atoms with Gasteiger partial charge in [0.2, 0.25) is 5.95 Å². The Hall–Kier alpha value is -3.84. The number of methoxy groups -OCH3 is 2. The Morgan fingerprint density at radius 3 is 2.65 bits per heavy atom. The van der Waals surface area contributed by atoms with Crippen LogP contribution in [0.2, 0.25) is 0 Å². The summed E-state index contributed by atoms with van der Waals surface area (Å²) < 4.78 is 81.0. The normalized spacial score (nSPS) is 17.9.